The summed E-state index contributed by atoms with van der Waals surface area (Å²) in [5, 5.41) is 9.15. The number of carbonyl (C=O) groups excluding carboxylic acids is 1. The summed E-state index contributed by atoms with van der Waals surface area (Å²) in [6.07, 6.45) is 0. The van der Waals surface area contributed by atoms with Crippen molar-refractivity contribution < 1.29 is 4.79 Å². The highest BCUT2D eigenvalue weighted by atomic mass is 127. The van der Waals surface area contributed by atoms with Gasteiger partial charge >= 0.3 is 0 Å². The molecular formula is C16H27IN4O. The summed E-state index contributed by atoms with van der Waals surface area (Å²) in [5.41, 5.74) is 1.28. The predicted molar refractivity (Wildman–Crippen MR) is 103 cm³/mol. The van der Waals surface area contributed by atoms with Gasteiger partial charge < -0.3 is 16.0 Å². The molecule has 0 fully saturated rings. The topological polar surface area (TPSA) is 65.5 Å². The normalized spacial score (nSPS) is 12.0. The van der Waals surface area contributed by atoms with Crippen LogP contribution >= 0.6 is 24.0 Å². The summed E-state index contributed by atoms with van der Waals surface area (Å²) in [5.74, 6) is 0.983. The van der Waals surface area contributed by atoms with Gasteiger partial charge in [-0.3, -0.25) is 4.79 Å². The third-order valence-electron chi connectivity index (χ3n) is 3.04. The van der Waals surface area contributed by atoms with Gasteiger partial charge in [-0.05, 0) is 25.3 Å². The number of guanidine groups is 1. The summed E-state index contributed by atoms with van der Waals surface area (Å²) in [4.78, 5) is 15.7. The summed E-state index contributed by atoms with van der Waals surface area (Å²) >= 11 is 0. The molecule has 0 radical (unpaired) electrons. The van der Waals surface area contributed by atoms with E-state index in [1.165, 1.54) is 5.56 Å². The van der Waals surface area contributed by atoms with Crippen molar-refractivity contribution in [1.29, 1.82) is 0 Å². The number of amides is 1. The standard InChI is InChI=1S/C16H26N4O.HI/c1-4-17-15(21)12-20-16(18-5-2)19-11-13(3)14-9-7-6-8-10-14;/h6-10,13H,4-5,11-12H2,1-3H3,(H,17,21)(H2,18,19,20);1H. The maximum absolute atomic E-state index is 11.4. The van der Waals surface area contributed by atoms with Crippen molar-refractivity contribution in [2.45, 2.75) is 26.7 Å². The van der Waals surface area contributed by atoms with E-state index in [9.17, 15) is 4.79 Å². The number of hydrogen-bond donors (Lipinski definition) is 3. The fraction of sp³-hybridized carbons (Fsp3) is 0.500. The number of nitrogens with zero attached hydrogens (tertiary/aromatic N) is 1. The Balaban J connectivity index is 0.00000441. The molecule has 1 aromatic rings. The van der Waals surface area contributed by atoms with Crippen LogP contribution in [-0.4, -0.2) is 38.0 Å². The average Bonchev–Trinajstić information content (AvgIpc) is 2.51. The van der Waals surface area contributed by atoms with Crippen LogP contribution in [0.1, 0.15) is 32.3 Å². The highest BCUT2D eigenvalue weighted by Crippen LogP contribution is 2.12. The van der Waals surface area contributed by atoms with E-state index in [2.05, 4.69) is 40.0 Å². The minimum atomic E-state index is -0.0641. The van der Waals surface area contributed by atoms with Crippen molar-refractivity contribution in [2.75, 3.05) is 26.2 Å². The third-order valence-corrected chi connectivity index (χ3v) is 3.04. The minimum Gasteiger partial charge on any atom is -0.357 e. The number of hydrogen-bond acceptors (Lipinski definition) is 2. The summed E-state index contributed by atoms with van der Waals surface area (Å²) in [6, 6.07) is 10.3. The van der Waals surface area contributed by atoms with E-state index in [1.807, 2.05) is 32.0 Å². The van der Waals surface area contributed by atoms with Gasteiger partial charge in [0.25, 0.3) is 0 Å². The Morgan fingerprint density at radius 1 is 1.09 bits per heavy atom. The lowest BCUT2D eigenvalue weighted by molar-refractivity contribution is -0.119. The number of halogens is 1. The van der Waals surface area contributed by atoms with Crippen molar-refractivity contribution in [1.82, 2.24) is 16.0 Å². The van der Waals surface area contributed by atoms with E-state index in [-0.39, 0.29) is 36.4 Å². The Bertz CT molecular complexity index is 451. The average molecular weight is 418 g/mol. The molecule has 0 heterocycles. The van der Waals surface area contributed by atoms with Crippen molar-refractivity contribution >= 4 is 35.8 Å². The van der Waals surface area contributed by atoms with Crippen molar-refractivity contribution in [3.05, 3.63) is 35.9 Å². The molecule has 1 unspecified atom stereocenters. The van der Waals surface area contributed by atoms with Crippen LogP contribution in [0, 0.1) is 0 Å². The minimum absolute atomic E-state index is 0. The first-order valence-electron chi connectivity index (χ1n) is 7.51. The first kappa shape index (κ1) is 20.7. The highest BCUT2D eigenvalue weighted by Gasteiger charge is 2.06. The van der Waals surface area contributed by atoms with Gasteiger partial charge in [-0.15, -0.1) is 24.0 Å². The lowest BCUT2D eigenvalue weighted by atomic mass is 10.0. The highest BCUT2D eigenvalue weighted by molar-refractivity contribution is 14.0. The molecule has 3 N–H and O–H groups in total. The Kier molecular flexibility index (Phi) is 11.5. The van der Waals surface area contributed by atoms with Crippen molar-refractivity contribution in [3.63, 3.8) is 0 Å². The Labute approximate surface area is 150 Å². The van der Waals surface area contributed by atoms with Gasteiger partial charge in [0.15, 0.2) is 5.96 Å². The lowest BCUT2D eigenvalue weighted by Gasteiger charge is -2.16. The number of aliphatic imine (C=N–C) groups is 1. The maximum atomic E-state index is 11.4. The molecule has 0 saturated carbocycles. The summed E-state index contributed by atoms with van der Waals surface area (Å²) < 4.78 is 0. The van der Waals surface area contributed by atoms with E-state index in [0.717, 1.165) is 13.1 Å². The molecule has 0 bridgehead atoms. The fourth-order valence-electron chi connectivity index (χ4n) is 1.89. The maximum Gasteiger partial charge on any atom is 0.241 e. The van der Waals surface area contributed by atoms with Crippen LogP contribution in [0.5, 0.6) is 0 Å². The molecule has 124 valence electrons. The van der Waals surface area contributed by atoms with Crippen LogP contribution in [0.4, 0.5) is 0 Å². The molecule has 0 aliphatic carbocycles. The molecule has 0 spiro atoms. The molecule has 22 heavy (non-hydrogen) atoms. The molecule has 0 saturated heterocycles. The molecular weight excluding hydrogens is 391 g/mol. The first-order valence-corrected chi connectivity index (χ1v) is 7.51. The van der Waals surface area contributed by atoms with Crippen LogP contribution in [0.25, 0.3) is 0 Å². The summed E-state index contributed by atoms with van der Waals surface area (Å²) in [6.45, 7) is 8.37. The number of rotatable bonds is 7. The molecule has 5 nitrogen and oxygen atoms in total. The van der Waals surface area contributed by atoms with Crippen LogP contribution in [0.3, 0.4) is 0 Å². The Hall–Kier alpha value is -1.31. The van der Waals surface area contributed by atoms with Crippen molar-refractivity contribution in [2.24, 2.45) is 4.99 Å². The molecule has 0 aliphatic heterocycles. The zero-order chi connectivity index (χ0) is 15.5. The fourth-order valence-corrected chi connectivity index (χ4v) is 1.89. The van der Waals surface area contributed by atoms with Gasteiger partial charge in [-0.25, -0.2) is 4.99 Å². The Morgan fingerprint density at radius 2 is 1.73 bits per heavy atom. The van der Waals surface area contributed by atoms with Crippen molar-refractivity contribution in [3.8, 4) is 0 Å². The second-order valence-corrected chi connectivity index (χ2v) is 4.84. The zero-order valence-corrected chi connectivity index (χ0v) is 15.9. The van der Waals surface area contributed by atoms with Crippen LogP contribution in [-0.2, 0) is 4.79 Å². The van der Waals surface area contributed by atoms with Gasteiger partial charge in [0, 0.05) is 19.6 Å². The number of benzene rings is 1. The summed E-state index contributed by atoms with van der Waals surface area (Å²) in [7, 11) is 0. The number of nitrogens with one attached hydrogen (secondary N) is 3. The molecule has 1 amide bonds. The van der Waals surface area contributed by atoms with Crippen LogP contribution in [0.15, 0.2) is 35.3 Å². The van der Waals surface area contributed by atoms with E-state index in [1.54, 1.807) is 0 Å². The van der Waals surface area contributed by atoms with Gasteiger partial charge in [0.05, 0.1) is 0 Å². The van der Waals surface area contributed by atoms with E-state index in [4.69, 9.17) is 0 Å². The van der Waals surface area contributed by atoms with Gasteiger partial charge in [0.1, 0.15) is 6.54 Å². The second kappa shape index (κ2) is 12.3. The van der Waals surface area contributed by atoms with Gasteiger partial charge in [-0.1, -0.05) is 37.3 Å². The van der Waals surface area contributed by atoms with Crippen LogP contribution in [0.2, 0.25) is 0 Å². The van der Waals surface area contributed by atoms with E-state index in [0.29, 0.717) is 18.4 Å². The molecule has 1 rings (SSSR count). The van der Waals surface area contributed by atoms with E-state index < -0.39 is 0 Å². The monoisotopic (exact) mass is 418 g/mol. The molecule has 0 aliphatic rings. The molecule has 1 aromatic carbocycles. The van der Waals surface area contributed by atoms with E-state index >= 15 is 0 Å². The first-order chi connectivity index (χ1) is 10.2. The number of carbonyl (C=O) groups is 1. The van der Waals surface area contributed by atoms with Crippen LogP contribution < -0.4 is 16.0 Å². The van der Waals surface area contributed by atoms with Gasteiger partial charge in [0.2, 0.25) is 5.91 Å². The number of likely N-dealkylation sites (N-methyl/N-ethyl adjacent to an activating group) is 1. The Morgan fingerprint density at radius 3 is 2.32 bits per heavy atom. The molecule has 1 atom stereocenters. The zero-order valence-electron chi connectivity index (χ0n) is 13.6. The molecule has 0 aromatic heterocycles. The molecule has 6 heteroatoms. The third kappa shape index (κ3) is 8.21. The smallest absolute Gasteiger partial charge is 0.241 e. The lowest BCUT2D eigenvalue weighted by Crippen LogP contribution is -2.40. The predicted octanol–water partition coefficient (Wildman–Crippen LogP) is 2.10. The quantitative estimate of drug-likeness (QED) is 0.361. The van der Waals surface area contributed by atoms with Gasteiger partial charge in [-0.2, -0.15) is 0 Å². The largest absolute Gasteiger partial charge is 0.357 e. The second-order valence-electron chi connectivity index (χ2n) is 4.84. The SMILES string of the molecule is CCNC(=O)CN=C(NCC)NCC(C)c1ccccc1.I.